The lowest BCUT2D eigenvalue weighted by Crippen LogP contribution is -2.39. The summed E-state index contributed by atoms with van der Waals surface area (Å²) in [5, 5.41) is 14.9. The Balaban J connectivity index is 1.13. The van der Waals surface area contributed by atoms with E-state index in [-0.39, 0.29) is 11.5 Å². The van der Waals surface area contributed by atoms with Crippen molar-refractivity contribution in [2.24, 2.45) is 5.92 Å². The average molecular weight is 605 g/mol. The van der Waals surface area contributed by atoms with Crippen LogP contribution in [0.1, 0.15) is 32.9 Å². The Hall–Kier alpha value is -4.47. The van der Waals surface area contributed by atoms with Gasteiger partial charge in [-0.25, -0.2) is 30.4 Å². The number of thiophene rings is 1. The third-order valence-corrected chi connectivity index (χ3v) is 8.74. The number of amides is 2. The second kappa shape index (κ2) is 12.8. The fourth-order valence-corrected chi connectivity index (χ4v) is 6.18. The SMILES string of the molecule is CNc1ccc(-c2nc(N3CCOCC3)c3sc(C(=O)NCC4CCN(c5ncc(C(=O)NO)cn5)CC4)cc3n2)cn1. The first-order valence-corrected chi connectivity index (χ1v) is 14.9. The Morgan fingerprint density at radius 3 is 2.44 bits per heavy atom. The fraction of sp³-hybridized carbons (Fsp3) is 0.393. The van der Waals surface area contributed by atoms with E-state index in [0.717, 1.165) is 53.3 Å². The van der Waals surface area contributed by atoms with Crippen LogP contribution in [-0.4, -0.2) is 94.9 Å². The second-order valence-corrected chi connectivity index (χ2v) is 11.4. The number of rotatable bonds is 8. The minimum absolute atomic E-state index is 0.124. The summed E-state index contributed by atoms with van der Waals surface area (Å²) in [7, 11) is 1.82. The van der Waals surface area contributed by atoms with Crippen LogP contribution in [0.3, 0.4) is 0 Å². The molecular formula is C28H32N10O4S. The highest BCUT2D eigenvalue weighted by molar-refractivity contribution is 7.21. The van der Waals surface area contributed by atoms with Gasteiger partial charge in [-0.05, 0) is 37.0 Å². The number of nitrogens with one attached hydrogen (secondary N) is 3. The molecule has 43 heavy (non-hydrogen) atoms. The van der Waals surface area contributed by atoms with Gasteiger partial charge in [0.15, 0.2) is 11.6 Å². The quantitative estimate of drug-likeness (QED) is 0.171. The molecule has 2 fully saturated rings. The van der Waals surface area contributed by atoms with Crippen molar-refractivity contribution >= 4 is 51.0 Å². The highest BCUT2D eigenvalue weighted by Crippen LogP contribution is 2.34. The van der Waals surface area contributed by atoms with Crippen LogP contribution in [0.4, 0.5) is 17.6 Å². The number of piperidine rings is 1. The third-order valence-electron chi connectivity index (χ3n) is 7.62. The Labute approximate surface area is 251 Å². The number of hydroxylamine groups is 1. The maximum atomic E-state index is 13.3. The molecule has 0 saturated carbocycles. The zero-order valence-corrected chi connectivity index (χ0v) is 24.4. The monoisotopic (exact) mass is 604 g/mol. The molecule has 0 aliphatic carbocycles. The van der Waals surface area contributed by atoms with Gasteiger partial charge in [0.1, 0.15) is 5.82 Å². The van der Waals surface area contributed by atoms with Crippen molar-refractivity contribution in [1.82, 2.24) is 35.7 Å². The predicted molar refractivity (Wildman–Crippen MR) is 162 cm³/mol. The molecule has 4 aromatic rings. The number of nitrogens with zero attached hydrogens (tertiary/aromatic N) is 7. The summed E-state index contributed by atoms with van der Waals surface area (Å²) in [4.78, 5) is 52.3. The molecule has 0 bridgehead atoms. The Bertz CT molecular complexity index is 1580. The summed E-state index contributed by atoms with van der Waals surface area (Å²) in [6, 6.07) is 5.67. The normalized spacial score (nSPS) is 15.9. The molecule has 0 unspecified atom stereocenters. The molecule has 2 amide bonds. The highest BCUT2D eigenvalue weighted by atomic mass is 32.1. The lowest BCUT2D eigenvalue weighted by Gasteiger charge is -2.32. The van der Waals surface area contributed by atoms with Gasteiger partial charge in [-0.2, -0.15) is 0 Å². The molecule has 0 aromatic carbocycles. The molecule has 2 aliphatic heterocycles. The number of hydrogen-bond donors (Lipinski definition) is 4. The van der Waals surface area contributed by atoms with E-state index >= 15 is 0 Å². The van der Waals surface area contributed by atoms with Crippen LogP contribution in [0.25, 0.3) is 21.6 Å². The zero-order valence-electron chi connectivity index (χ0n) is 23.6. The third kappa shape index (κ3) is 6.33. The number of morpholine rings is 1. The summed E-state index contributed by atoms with van der Waals surface area (Å²) < 4.78 is 6.44. The van der Waals surface area contributed by atoms with Crippen molar-refractivity contribution in [3.05, 3.63) is 47.2 Å². The van der Waals surface area contributed by atoms with Gasteiger partial charge in [0.2, 0.25) is 5.95 Å². The standard InChI is InChI=1S/C28H32N10O4S/c1-29-22-3-2-18(14-30-22)24-34-20-12-21(43-23(20)25(35-24)37-8-10-42-11-9-37)27(40)31-13-17-4-6-38(7-5-17)28-32-15-19(16-33-28)26(39)36-41/h2-3,12,14-17,41H,4-11,13H2,1H3,(H,29,30)(H,31,40)(H,36,39). The fourth-order valence-electron chi connectivity index (χ4n) is 5.15. The molecule has 224 valence electrons. The van der Waals surface area contributed by atoms with Crippen LogP contribution < -0.4 is 25.9 Å². The number of carbonyl (C=O) groups is 2. The summed E-state index contributed by atoms with van der Waals surface area (Å²) in [6.45, 7) is 4.71. The first-order valence-electron chi connectivity index (χ1n) is 14.1. The molecule has 6 rings (SSSR count). The molecular weight excluding hydrogens is 572 g/mol. The largest absolute Gasteiger partial charge is 0.378 e. The summed E-state index contributed by atoms with van der Waals surface area (Å²) in [6.07, 6.45) is 6.26. The first kappa shape index (κ1) is 28.6. The average Bonchev–Trinajstić information content (AvgIpc) is 3.52. The van der Waals surface area contributed by atoms with Crippen LogP contribution in [0.2, 0.25) is 0 Å². The van der Waals surface area contributed by atoms with E-state index in [0.29, 0.717) is 55.4 Å². The topological polar surface area (TPSA) is 171 Å². The van der Waals surface area contributed by atoms with E-state index in [1.165, 1.54) is 23.7 Å². The van der Waals surface area contributed by atoms with Crippen LogP contribution in [-0.2, 0) is 4.74 Å². The van der Waals surface area contributed by atoms with Gasteiger partial charge in [-0.1, -0.05) is 0 Å². The molecule has 15 heteroatoms. The van der Waals surface area contributed by atoms with Gasteiger partial charge in [0.25, 0.3) is 11.8 Å². The molecule has 0 radical (unpaired) electrons. The maximum absolute atomic E-state index is 13.3. The molecule has 4 aromatic heterocycles. The van der Waals surface area contributed by atoms with Crippen molar-refractivity contribution in [1.29, 1.82) is 0 Å². The van der Waals surface area contributed by atoms with E-state index in [2.05, 4.69) is 35.4 Å². The van der Waals surface area contributed by atoms with Gasteiger partial charge >= 0.3 is 0 Å². The molecule has 2 saturated heterocycles. The number of ether oxygens (including phenoxy) is 1. The minimum atomic E-state index is -0.652. The van der Waals surface area contributed by atoms with E-state index in [1.54, 1.807) is 11.7 Å². The summed E-state index contributed by atoms with van der Waals surface area (Å²) >= 11 is 1.41. The van der Waals surface area contributed by atoms with Crippen molar-refractivity contribution in [2.75, 3.05) is 68.1 Å². The van der Waals surface area contributed by atoms with Gasteiger partial charge < -0.3 is 25.2 Å². The Kier molecular flexibility index (Phi) is 8.53. The number of carbonyl (C=O) groups excluding carboxylic acids is 2. The van der Waals surface area contributed by atoms with Crippen LogP contribution in [0, 0.1) is 5.92 Å². The molecule has 0 atom stereocenters. The van der Waals surface area contributed by atoms with Crippen LogP contribution in [0.5, 0.6) is 0 Å². The van der Waals surface area contributed by atoms with Crippen molar-refractivity contribution in [2.45, 2.75) is 12.8 Å². The van der Waals surface area contributed by atoms with E-state index in [4.69, 9.17) is 19.9 Å². The Morgan fingerprint density at radius 1 is 1.00 bits per heavy atom. The smallest absolute Gasteiger partial charge is 0.277 e. The zero-order chi connectivity index (χ0) is 29.8. The van der Waals surface area contributed by atoms with E-state index in [1.807, 2.05) is 25.2 Å². The molecule has 6 heterocycles. The lowest BCUT2D eigenvalue weighted by atomic mass is 9.97. The van der Waals surface area contributed by atoms with E-state index in [9.17, 15) is 9.59 Å². The van der Waals surface area contributed by atoms with Crippen molar-refractivity contribution in [3.8, 4) is 11.4 Å². The number of fused-ring (bicyclic) bond motifs is 1. The first-order chi connectivity index (χ1) is 21.0. The summed E-state index contributed by atoms with van der Waals surface area (Å²) in [5.74, 6) is 2.21. The van der Waals surface area contributed by atoms with E-state index < -0.39 is 5.91 Å². The van der Waals surface area contributed by atoms with Gasteiger partial charge in [0.05, 0.1) is 33.9 Å². The molecule has 0 spiro atoms. The molecule has 14 nitrogen and oxygen atoms in total. The minimum Gasteiger partial charge on any atom is -0.378 e. The van der Waals surface area contributed by atoms with Crippen LogP contribution >= 0.6 is 11.3 Å². The van der Waals surface area contributed by atoms with Crippen LogP contribution in [0.15, 0.2) is 36.8 Å². The number of anilines is 3. The maximum Gasteiger partial charge on any atom is 0.277 e. The lowest BCUT2D eigenvalue weighted by molar-refractivity contribution is 0.0705. The summed E-state index contributed by atoms with van der Waals surface area (Å²) in [5.41, 5.74) is 3.29. The Morgan fingerprint density at radius 2 is 1.77 bits per heavy atom. The molecule has 4 N–H and O–H groups in total. The van der Waals surface area contributed by atoms with Gasteiger partial charge in [0, 0.05) is 63.9 Å². The van der Waals surface area contributed by atoms with Crippen molar-refractivity contribution < 1.29 is 19.5 Å². The molecule has 2 aliphatic rings. The van der Waals surface area contributed by atoms with Gasteiger partial charge in [-0.3, -0.25) is 14.8 Å². The highest BCUT2D eigenvalue weighted by Gasteiger charge is 2.24. The van der Waals surface area contributed by atoms with Gasteiger partial charge in [-0.15, -0.1) is 11.3 Å². The second-order valence-electron chi connectivity index (χ2n) is 10.3. The van der Waals surface area contributed by atoms with Crippen molar-refractivity contribution in [3.63, 3.8) is 0 Å². The number of aromatic nitrogens is 5. The number of hydrogen-bond acceptors (Lipinski definition) is 13. The predicted octanol–water partition coefficient (Wildman–Crippen LogP) is 2.19. The number of pyridine rings is 1.